The predicted octanol–water partition coefficient (Wildman–Crippen LogP) is 7.18. The van der Waals surface area contributed by atoms with Crippen LogP contribution in [0.5, 0.6) is 5.75 Å². The van der Waals surface area contributed by atoms with Crippen LogP contribution in [0.2, 0.25) is 0 Å². The number of ether oxygens (including phenoxy) is 1. The zero-order chi connectivity index (χ0) is 24.5. The fraction of sp³-hybridized carbons (Fsp3) is 0.267. The third-order valence-corrected chi connectivity index (χ3v) is 6.13. The van der Waals surface area contributed by atoms with E-state index in [9.17, 15) is 4.79 Å². The standard InChI is InChI=1S/C30H33N3O2/c1-23-15-11-12-20-27(23)35-30(34)31-21-13-3-4-14-22-33-24(2)32-28(25-16-7-5-8-17-25)29(33)26-18-9-6-10-19-26/h5-12,15-20H,3-4,13-14,21-22H2,1-2H3,(H,31,34). The van der Waals surface area contributed by atoms with Crippen molar-refractivity contribution in [1.29, 1.82) is 0 Å². The monoisotopic (exact) mass is 467 g/mol. The van der Waals surface area contributed by atoms with Crippen LogP contribution in [0.1, 0.15) is 37.1 Å². The molecule has 0 aliphatic carbocycles. The largest absolute Gasteiger partial charge is 0.412 e. The number of hydrogen-bond acceptors (Lipinski definition) is 3. The van der Waals surface area contributed by atoms with Gasteiger partial charge in [0.1, 0.15) is 11.6 Å². The first-order chi connectivity index (χ1) is 17.1. The number of rotatable bonds is 10. The van der Waals surface area contributed by atoms with E-state index in [0.717, 1.165) is 54.9 Å². The van der Waals surface area contributed by atoms with E-state index in [4.69, 9.17) is 9.72 Å². The molecule has 0 radical (unpaired) electrons. The average Bonchev–Trinajstić information content (AvgIpc) is 3.22. The third kappa shape index (κ3) is 6.38. The summed E-state index contributed by atoms with van der Waals surface area (Å²) in [5, 5.41) is 2.85. The molecule has 0 saturated heterocycles. The maximum atomic E-state index is 12.0. The quantitative estimate of drug-likeness (QED) is 0.251. The van der Waals surface area contributed by atoms with Crippen LogP contribution in [0.15, 0.2) is 84.9 Å². The number of para-hydroxylation sites is 1. The van der Waals surface area contributed by atoms with E-state index in [-0.39, 0.29) is 0 Å². The highest BCUT2D eigenvalue weighted by molar-refractivity contribution is 5.79. The number of unbranched alkanes of at least 4 members (excludes halogenated alkanes) is 3. The summed E-state index contributed by atoms with van der Waals surface area (Å²) in [7, 11) is 0. The van der Waals surface area contributed by atoms with Gasteiger partial charge in [0, 0.05) is 24.2 Å². The zero-order valence-corrected chi connectivity index (χ0v) is 20.5. The van der Waals surface area contributed by atoms with E-state index in [1.807, 2.05) is 37.3 Å². The number of carbonyl (C=O) groups excluding carboxylic acids is 1. The molecule has 0 fully saturated rings. The van der Waals surface area contributed by atoms with Gasteiger partial charge in [0.05, 0.1) is 11.4 Å². The van der Waals surface area contributed by atoms with Crippen molar-refractivity contribution in [3.63, 3.8) is 0 Å². The number of hydrogen-bond donors (Lipinski definition) is 1. The second-order valence-corrected chi connectivity index (χ2v) is 8.74. The van der Waals surface area contributed by atoms with E-state index >= 15 is 0 Å². The van der Waals surface area contributed by atoms with Crippen molar-refractivity contribution in [2.45, 2.75) is 46.1 Å². The Morgan fingerprint density at radius 1 is 0.800 bits per heavy atom. The summed E-state index contributed by atoms with van der Waals surface area (Å²) in [6, 6.07) is 28.4. The van der Waals surface area contributed by atoms with Crippen molar-refractivity contribution in [3.05, 3.63) is 96.3 Å². The average molecular weight is 468 g/mol. The molecular formula is C30H33N3O2. The van der Waals surface area contributed by atoms with Gasteiger partial charge in [0.25, 0.3) is 0 Å². The van der Waals surface area contributed by atoms with Gasteiger partial charge in [0.15, 0.2) is 0 Å². The highest BCUT2D eigenvalue weighted by Gasteiger charge is 2.17. The summed E-state index contributed by atoms with van der Waals surface area (Å²) in [6.45, 7) is 5.54. The van der Waals surface area contributed by atoms with Crippen LogP contribution >= 0.6 is 0 Å². The van der Waals surface area contributed by atoms with Crippen molar-refractivity contribution in [2.24, 2.45) is 0 Å². The number of nitrogens with one attached hydrogen (secondary N) is 1. The van der Waals surface area contributed by atoms with E-state index in [2.05, 4.69) is 65.3 Å². The van der Waals surface area contributed by atoms with Gasteiger partial charge in [0.2, 0.25) is 0 Å². The molecule has 4 rings (SSSR count). The molecule has 5 heteroatoms. The molecule has 0 unspecified atom stereocenters. The molecule has 1 amide bonds. The third-order valence-electron chi connectivity index (χ3n) is 6.13. The molecule has 0 atom stereocenters. The van der Waals surface area contributed by atoms with Crippen molar-refractivity contribution in [1.82, 2.24) is 14.9 Å². The smallest absolute Gasteiger partial charge is 0.410 e. The van der Waals surface area contributed by atoms with Crippen LogP contribution in [0.4, 0.5) is 4.79 Å². The summed E-state index contributed by atoms with van der Waals surface area (Å²) in [5.74, 6) is 1.63. The Kier molecular flexibility index (Phi) is 8.34. The van der Waals surface area contributed by atoms with Gasteiger partial charge in [-0.05, 0) is 38.3 Å². The maximum absolute atomic E-state index is 12.0. The Bertz CT molecular complexity index is 1230. The minimum absolute atomic E-state index is 0.394. The normalized spacial score (nSPS) is 10.8. The maximum Gasteiger partial charge on any atom is 0.412 e. The Balaban J connectivity index is 1.29. The topological polar surface area (TPSA) is 56.1 Å². The van der Waals surface area contributed by atoms with Gasteiger partial charge >= 0.3 is 6.09 Å². The van der Waals surface area contributed by atoms with Gasteiger partial charge in [-0.15, -0.1) is 0 Å². The fourth-order valence-electron chi connectivity index (χ4n) is 4.27. The van der Waals surface area contributed by atoms with Crippen molar-refractivity contribution in [2.75, 3.05) is 6.54 Å². The molecule has 1 aromatic heterocycles. The van der Waals surface area contributed by atoms with E-state index in [1.165, 1.54) is 11.3 Å². The molecule has 4 aromatic rings. The fourth-order valence-corrected chi connectivity index (χ4v) is 4.27. The number of imidazole rings is 1. The molecule has 0 saturated carbocycles. The Hall–Kier alpha value is -3.86. The lowest BCUT2D eigenvalue weighted by Crippen LogP contribution is -2.27. The van der Waals surface area contributed by atoms with Crippen molar-refractivity contribution < 1.29 is 9.53 Å². The number of benzene rings is 3. The molecule has 180 valence electrons. The highest BCUT2D eigenvalue weighted by Crippen LogP contribution is 2.33. The van der Waals surface area contributed by atoms with E-state index < -0.39 is 6.09 Å². The summed E-state index contributed by atoms with van der Waals surface area (Å²) >= 11 is 0. The SMILES string of the molecule is Cc1ccccc1OC(=O)NCCCCCCn1c(C)nc(-c2ccccc2)c1-c1ccccc1. The number of amides is 1. The van der Waals surface area contributed by atoms with Gasteiger partial charge in [-0.3, -0.25) is 0 Å². The van der Waals surface area contributed by atoms with Crippen molar-refractivity contribution in [3.8, 4) is 28.3 Å². The molecule has 0 bridgehead atoms. The molecule has 35 heavy (non-hydrogen) atoms. The molecule has 0 spiro atoms. The molecule has 1 heterocycles. The zero-order valence-electron chi connectivity index (χ0n) is 20.5. The lowest BCUT2D eigenvalue weighted by atomic mass is 10.0. The molecule has 0 aliphatic rings. The van der Waals surface area contributed by atoms with Crippen LogP contribution in [-0.2, 0) is 6.54 Å². The first kappa shape index (κ1) is 24.3. The van der Waals surface area contributed by atoms with Crippen LogP contribution in [0.3, 0.4) is 0 Å². The van der Waals surface area contributed by atoms with Gasteiger partial charge in [-0.2, -0.15) is 0 Å². The summed E-state index contributed by atoms with van der Waals surface area (Å²) < 4.78 is 7.72. The van der Waals surface area contributed by atoms with Gasteiger partial charge < -0.3 is 14.6 Å². The van der Waals surface area contributed by atoms with E-state index in [1.54, 1.807) is 6.07 Å². The Morgan fingerprint density at radius 2 is 1.43 bits per heavy atom. The number of nitrogens with zero attached hydrogens (tertiary/aromatic N) is 2. The minimum Gasteiger partial charge on any atom is -0.410 e. The van der Waals surface area contributed by atoms with Crippen LogP contribution in [0, 0.1) is 13.8 Å². The number of aromatic nitrogens is 2. The second-order valence-electron chi connectivity index (χ2n) is 8.74. The predicted molar refractivity (Wildman–Crippen MR) is 142 cm³/mol. The van der Waals surface area contributed by atoms with Crippen LogP contribution in [0.25, 0.3) is 22.5 Å². The van der Waals surface area contributed by atoms with Crippen LogP contribution < -0.4 is 10.1 Å². The molecule has 5 nitrogen and oxygen atoms in total. The first-order valence-electron chi connectivity index (χ1n) is 12.3. The first-order valence-corrected chi connectivity index (χ1v) is 12.3. The van der Waals surface area contributed by atoms with Crippen molar-refractivity contribution >= 4 is 6.09 Å². The van der Waals surface area contributed by atoms with Gasteiger partial charge in [-0.1, -0.05) is 91.7 Å². The molecule has 1 N–H and O–H groups in total. The molecular weight excluding hydrogens is 434 g/mol. The lowest BCUT2D eigenvalue weighted by Gasteiger charge is -2.12. The summed E-state index contributed by atoms with van der Waals surface area (Å²) in [6.07, 6.45) is 3.71. The Labute approximate surface area is 207 Å². The molecule has 3 aromatic carbocycles. The lowest BCUT2D eigenvalue weighted by molar-refractivity contribution is 0.200. The second kappa shape index (κ2) is 12.0. The highest BCUT2D eigenvalue weighted by atomic mass is 16.6. The van der Waals surface area contributed by atoms with Crippen LogP contribution in [-0.4, -0.2) is 22.2 Å². The number of aryl methyl sites for hydroxylation is 2. The molecule has 0 aliphatic heterocycles. The summed E-state index contributed by atoms with van der Waals surface area (Å²) in [5.41, 5.74) is 5.48. The van der Waals surface area contributed by atoms with E-state index in [0.29, 0.717) is 12.3 Å². The summed E-state index contributed by atoms with van der Waals surface area (Å²) in [4.78, 5) is 17.0. The minimum atomic E-state index is -0.394. The number of carbonyl (C=O) groups is 1. The van der Waals surface area contributed by atoms with Gasteiger partial charge in [-0.25, -0.2) is 9.78 Å². The Morgan fingerprint density at radius 3 is 2.14 bits per heavy atom.